The molecule has 0 aromatic heterocycles. The molecular weight excluding hydrogens is 312 g/mol. The van der Waals surface area contributed by atoms with Crippen molar-refractivity contribution in [3.05, 3.63) is 22.7 Å². The van der Waals surface area contributed by atoms with E-state index in [2.05, 4.69) is 11.8 Å². The molecule has 0 radical (unpaired) electrons. The van der Waals surface area contributed by atoms with Crippen LogP contribution in [0.5, 0.6) is 5.75 Å². The van der Waals surface area contributed by atoms with Crippen molar-refractivity contribution < 1.29 is 13.2 Å². The van der Waals surface area contributed by atoms with Crippen LogP contribution >= 0.6 is 11.6 Å². The Labute approximate surface area is 131 Å². The zero-order chi connectivity index (χ0) is 15.6. The average molecular weight is 333 g/mol. The molecule has 1 aromatic rings. The van der Waals surface area contributed by atoms with E-state index in [0.29, 0.717) is 23.9 Å². The molecular formula is C14H21ClN2O3S. The molecule has 2 rings (SSSR count). The smallest absolute Gasteiger partial charge is 0.246 e. The van der Waals surface area contributed by atoms with Gasteiger partial charge in [-0.1, -0.05) is 18.5 Å². The molecule has 0 unspecified atom stereocenters. The van der Waals surface area contributed by atoms with Gasteiger partial charge < -0.3 is 9.64 Å². The van der Waals surface area contributed by atoms with E-state index >= 15 is 0 Å². The number of rotatable bonds is 4. The molecule has 21 heavy (non-hydrogen) atoms. The lowest BCUT2D eigenvalue weighted by atomic mass is 10.2. The summed E-state index contributed by atoms with van der Waals surface area (Å²) in [5, 5.41) is 0.402. The second kappa shape index (κ2) is 6.52. The molecule has 1 aliphatic rings. The van der Waals surface area contributed by atoms with Crippen molar-refractivity contribution in [1.29, 1.82) is 0 Å². The van der Waals surface area contributed by atoms with E-state index in [4.69, 9.17) is 16.3 Å². The van der Waals surface area contributed by atoms with Crippen molar-refractivity contribution in [2.45, 2.75) is 18.7 Å². The largest absolute Gasteiger partial charge is 0.495 e. The molecule has 0 atom stereocenters. The minimum atomic E-state index is -3.58. The van der Waals surface area contributed by atoms with Crippen molar-refractivity contribution in [3.8, 4) is 5.75 Å². The predicted molar refractivity (Wildman–Crippen MR) is 83.6 cm³/mol. The number of aryl methyl sites for hydroxylation is 1. The zero-order valence-electron chi connectivity index (χ0n) is 12.6. The average Bonchev–Trinajstić information content (AvgIpc) is 2.46. The molecule has 1 saturated heterocycles. The molecule has 1 aliphatic heterocycles. The van der Waals surface area contributed by atoms with E-state index in [-0.39, 0.29) is 4.90 Å². The number of hydrogen-bond acceptors (Lipinski definition) is 4. The standard InChI is InChI=1S/C14H21ClN2O3S/c1-4-16-5-7-17(8-6-16)21(18,19)13-10-12(15)9-11(2)14(13)20-3/h9-10H,4-8H2,1-3H3. The van der Waals surface area contributed by atoms with Gasteiger partial charge in [0.05, 0.1) is 7.11 Å². The van der Waals surface area contributed by atoms with Crippen LogP contribution in [0.1, 0.15) is 12.5 Å². The quantitative estimate of drug-likeness (QED) is 0.846. The number of hydrogen-bond donors (Lipinski definition) is 0. The van der Waals surface area contributed by atoms with E-state index in [9.17, 15) is 8.42 Å². The normalized spacial score (nSPS) is 17.9. The third-order valence-electron chi connectivity index (χ3n) is 3.81. The van der Waals surface area contributed by atoms with Crippen molar-refractivity contribution in [3.63, 3.8) is 0 Å². The van der Waals surface area contributed by atoms with Gasteiger partial charge in [-0.25, -0.2) is 8.42 Å². The van der Waals surface area contributed by atoms with Crippen LogP contribution in [0.4, 0.5) is 0 Å². The lowest BCUT2D eigenvalue weighted by molar-refractivity contribution is 0.196. The summed E-state index contributed by atoms with van der Waals surface area (Å²) < 4.78 is 32.5. The third kappa shape index (κ3) is 3.34. The summed E-state index contributed by atoms with van der Waals surface area (Å²) >= 11 is 6.02. The minimum absolute atomic E-state index is 0.153. The van der Waals surface area contributed by atoms with Gasteiger partial charge >= 0.3 is 0 Å². The second-order valence-electron chi connectivity index (χ2n) is 5.09. The number of piperazine rings is 1. The van der Waals surface area contributed by atoms with Gasteiger partial charge in [-0.15, -0.1) is 0 Å². The van der Waals surface area contributed by atoms with Crippen LogP contribution in [-0.2, 0) is 10.0 Å². The molecule has 0 spiro atoms. The maximum Gasteiger partial charge on any atom is 0.246 e. The van der Waals surface area contributed by atoms with Gasteiger partial charge in [0.1, 0.15) is 10.6 Å². The molecule has 0 saturated carbocycles. The van der Waals surface area contributed by atoms with Crippen molar-refractivity contribution >= 4 is 21.6 Å². The Kier molecular flexibility index (Phi) is 5.14. The zero-order valence-corrected chi connectivity index (χ0v) is 14.2. The molecule has 1 aromatic carbocycles. The first-order valence-corrected chi connectivity index (χ1v) is 8.78. The van der Waals surface area contributed by atoms with E-state index in [0.717, 1.165) is 25.2 Å². The summed E-state index contributed by atoms with van der Waals surface area (Å²) in [4.78, 5) is 2.38. The van der Waals surface area contributed by atoms with Crippen LogP contribution in [0.3, 0.4) is 0 Å². The summed E-state index contributed by atoms with van der Waals surface area (Å²) in [6.45, 7) is 7.28. The second-order valence-corrected chi connectivity index (χ2v) is 7.44. The first-order valence-electron chi connectivity index (χ1n) is 6.96. The number of benzene rings is 1. The first kappa shape index (κ1) is 16.5. The molecule has 0 amide bonds. The SMILES string of the molecule is CCN1CCN(S(=O)(=O)c2cc(Cl)cc(C)c2OC)CC1. The lowest BCUT2D eigenvalue weighted by Crippen LogP contribution is -2.48. The van der Waals surface area contributed by atoms with Gasteiger partial charge in [-0.2, -0.15) is 4.31 Å². The van der Waals surface area contributed by atoms with Crippen LogP contribution < -0.4 is 4.74 Å². The summed E-state index contributed by atoms with van der Waals surface area (Å²) in [5.41, 5.74) is 0.718. The van der Waals surface area contributed by atoms with Crippen molar-refractivity contribution in [2.24, 2.45) is 0 Å². The maximum absolute atomic E-state index is 12.8. The Morgan fingerprint density at radius 3 is 2.38 bits per heavy atom. The number of halogens is 1. The third-order valence-corrected chi connectivity index (χ3v) is 5.93. The number of nitrogens with zero attached hydrogens (tertiary/aromatic N) is 2. The Bertz CT molecular complexity index is 611. The number of likely N-dealkylation sites (N-methyl/N-ethyl adjacent to an activating group) is 1. The van der Waals surface area contributed by atoms with Crippen molar-refractivity contribution in [1.82, 2.24) is 9.21 Å². The van der Waals surface area contributed by atoms with Gasteiger partial charge in [-0.05, 0) is 31.2 Å². The van der Waals surface area contributed by atoms with Gasteiger partial charge in [0, 0.05) is 31.2 Å². The van der Waals surface area contributed by atoms with E-state index < -0.39 is 10.0 Å². The highest BCUT2D eigenvalue weighted by molar-refractivity contribution is 7.89. The summed E-state index contributed by atoms with van der Waals surface area (Å²) in [7, 11) is -2.11. The Balaban J connectivity index is 2.36. The van der Waals surface area contributed by atoms with Crippen LogP contribution in [0.2, 0.25) is 5.02 Å². The van der Waals surface area contributed by atoms with Gasteiger partial charge in [0.15, 0.2) is 0 Å². The van der Waals surface area contributed by atoms with E-state index in [1.807, 2.05) is 0 Å². The number of sulfonamides is 1. The fraction of sp³-hybridized carbons (Fsp3) is 0.571. The predicted octanol–water partition coefficient (Wildman–Crippen LogP) is 1.98. The minimum Gasteiger partial charge on any atom is -0.495 e. The fourth-order valence-corrected chi connectivity index (χ4v) is 4.59. The highest BCUT2D eigenvalue weighted by Gasteiger charge is 2.31. The molecule has 0 bridgehead atoms. The van der Waals surface area contributed by atoms with Crippen LogP contribution in [0.15, 0.2) is 17.0 Å². The summed E-state index contributed by atoms with van der Waals surface area (Å²) in [5.74, 6) is 0.373. The monoisotopic (exact) mass is 332 g/mol. The lowest BCUT2D eigenvalue weighted by Gasteiger charge is -2.33. The highest BCUT2D eigenvalue weighted by Crippen LogP contribution is 2.33. The number of ether oxygens (including phenoxy) is 1. The van der Waals surface area contributed by atoms with Gasteiger partial charge in [0.2, 0.25) is 10.0 Å². The molecule has 5 nitrogen and oxygen atoms in total. The number of methoxy groups -OCH3 is 1. The molecule has 1 fully saturated rings. The topological polar surface area (TPSA) is 49.9 Å². The Hall–Kier alpha value is -0.820. The summed E-state index contributed by atoms with van der Waals surface area (Å²) in [6.07, 6.45) is 0. The Morgan fingerprint density at radius 2 is 1.86 bits per heavy atom. The molecule has 1 heterocycles. The highest BCUT2D eigenvalue weighted by atomic mass is 35.5. The van der Waals surface area contributed by atoms with Gasteiger partial charge in [-0.3, -0.25) is 0 Å². The molecule has 0 N–H and O–H groups in total. The Morgan fingerprint density at radius 1 is 1.24 bits per heavy atom. The molecule has 118 valence electrons. The van der Waals surface area contributed by atoms with Crippen LogP contribution in [0.25, 0.3) is 0 Å². The van der Waals surface area contributed by atoms with E-state index in [1.165, 1.54) is 17.5 Å². The van der Waals surface area contributed by atoms with E-state index in [1.54, 1.807) is 13.0 Å². The first-order chi connectivity index (χ1) is 9.90. The molecule has 0 aliphatic carbocycles. The van der Waals surface area contributed by atoms with Gasteiger partial charge in [0.25, 0.3) is 0 Å². The van der Waals surface area contributed by atoms with Crippen LogP contribution in [0, 0.1) is 6.92 Å². The fourth-order valence-electron chi connectivity index (χ4n) is 2.58. The van der Waals surface area contributed by atoms with Crippen LogP contribution in [-0.4, -0.2) is 57.5 Å². The molecule has 7 heteroatoms. The summed E-state index contributed by atoms with van der Waals surface area (Å²) in [6, 6.07) is 3.17. The maximum atomic E-state index is 12.8. The van der Waals surface area contributed by atoms with Crippen molar-refractivity contribution in [2.75, 3.05) is 39.8 Å².